The predicted octanol–water partition coefficient (Wildman–Crippen LogP) is -0.392. The van der Waals surface area contributed by atoms with Gasteiger partial charge in [-0.05, 0) is 19.4 Å². The van der Waals surface area contributed by atoms with Crippen LogP contribution in [-0.2, 0) is 16.0 Å². The zero-order chi connectivity index (χ0) is 17.0. The predicted molar refractivity (Wildman–Crippen MR) is 86.6 cm³/mol. The molecule has 10 heteroatoms. The first kappa shape index (κ1) is 23.6. The van der Waals surface area contributed by atoms with Gasteiger partial charge >= 0.3 is 11.9 Å². The summed E-state index contributed by atoms with van der Waals surface area (Å²) in [6, 6.07) is -1.46. The Morgan fingerprint density at radius 3 is 2.43 bits per heavy atom. The summed E-state index contributed by atoms with van der Waals surface area (Å²) in [5.41, 5.74) is 5.92. The fourth-order valence-electron chi connectivity index (χ4n) is 1.48. The van der Waals surface area contributed by atoms with Crippen molar-refractivity contribution < 1.29 is 24.9 Å². The van der Waals surface area contributed by atoms with Gasteiger partial charge in [0.25, 0.3) is 0 Å². The Bertz CT molecular complexity index is 430. The molecule has 134 valence electrons. The standard InChI is InChI=1S/C7H15NO3.C6H9N3O2.ClH/c1-2-4-8-6(3-5-9)7(10)11;7-5(6(10)11)1-4-2-8-3-9-4;/h6,8-9H,2-5H2,1H3,(H,10,11);2-3,5H,1,7H2,(H,8,9)(H,10,11);1H. The molecule has 0 spiro atoms. The van der Waals surface area contributed by atoms with Crippen LogP contribution in [0, 0.1) is 0 Å². The molecule has 0 aliphatic carbocycles. The molecule has 0 fully saturated rings. The van der Waals surface area contributed by atoms with E-state index in [4.69, 9.17) is 21.1 Å². The highest BCUT2D eigenvalue weighted by Gasteiger charge is 2.14. The molecule has 0 aliphatic rings. The van der Waals surface area contributed by atoms with Crippen LogP contribution < -0.4 is 11.1 Å². The van der Waals surface area contributed by atoms with Crippen molar-refractivity contribution in [2.45, 2.75) is 38.3 Å². The first-order valence-electron chi connectivity index (χ1n) is 6.95. The lowest BCUT2D eigenvalue weighted by Crippen LogP contribution is -2.37. The summed E-state index contributed by atoms with van der Waals surface area (Å²) in [6.45, 7) is 2.55. The van der Waals surface area contributed by atoms with E-state index in [1.54, 1.807) is 6.20 Å². The molecule has 1 rings (SSSR count). The zero-order valence-corrected chi connectivity index (χ0v) is 13.8. The highest BCUT2D eigenvalue weighted by Crippen LogP contribution is 1.95. The molecule has 0 amide bonds. The van der Waals surface area contributed by atoms with Crippen LogP contribution in [0.1, 0.15) is 25.5 Å². The van der Waals surface area contributed by atoms with Gasteiger partial charge in [-0.3, -0.25) is 9.59 Å². The Morgan fingerprint density at radius 2 is 2.04 bits per heavy atom. The van der Waals surface area contributed by atoms with Gasteiger partial charge < -0.3 is 31.4 Å². The van der Waals surface area contributed by atoms with Crippen LogP contribution in [0.5, 0.6) is 0 Å². The first-order valence-corrected chi connectivity index (χ1v) is 6.95. The topological polar surface area (TPSA) is 162 Å². The molecular formula is C13H25ClN4O5. The molecule has 7 N–H and O–H groups in total. The summed E-state index contributed by atoms with van der Waals surface area (Å²) in [7, 11) is 0. The number of aliphatic hydroxyl groups excluding tert-OH is 1. The van der Waals surface area contributed by atoms with Gasteiger partial charge in [0.1, 0.15) is 12.1 Å². The summed E-state index contributed by atoms with van der Waals surface area (Å²) in [5.74, 6) is -1.90. The number of aromatic nitrogens is 2. The van der Waals surface area contributed by atoms with E-state index in [0.717, 1.165) is 6.42 Å². The van der Waals surface area contributed by atoms with E-state index >= 15 is 0 Å². The summed E-state index contributed by atoms with van der Waals surface area (Å²) in [6.07, 6.45) is 4.55. The van der Waals surface area contributed by atoms with Gasteiger partial charge in [-0.15, -0.1) is 12.4 Å². The number of aliphatic carboxylic acids is 2. The van der Waals surface area contributed by atoms with Crippen LogP contribution >= 0.6 is 12.4 Å². The normalized spacial score (nSPS) is 12.3. The van der Waals surface area contributed by atoms with Crippen LogP contribution in [0.2, 0.25) is 0 Å². The SMILES string of the molecule is CCCNC(CCO)C(=O)O.Cl.NC(Cc1c[nH]cn1)C(=O)O. The molecule has 1 heterocycles. The molecule has 1 aromatic heterocycles. The molecule has 0 saturated heterocycles. The second-order valence-electron chi connectivity index (χ2n) is 4.57. The summed E-state index contributed by atoms with van der Waals surface area (Å²) >= 11 is 0. The maximum absolute atomic E-state index is 10.4. The second-order valence-corrected chi connectivity index (χ2v) is 4.57. The molecule has 0 aliphatic heterocycles. The third-order valence-corrected chi connectivity index (χ3v) is 2.66. The lowest BCUT2D eigenvalue weighted by Gasteiger charge is -2.11. The van der Waals surface area contributed by atoms with Crippen molar-refractivity contribution in [2.75, 3.05) is 13.2 Å². The van der Waals surface area contributed by atoms with Crippen molar-refractivity contribution in [3.63, 3.8) is 0 Å². The maximum Gasteiger partial charge on any atom is 0.320 e. The minimum atomic E-state index is -1.01. The number of rotatable bonds is 9. The monoisotopic (exact) mass is 352 g/mol. The lowest BCUT2D eigenvalue weighted by atomic mass is 10.2. The largest absolute Gasteiger partial charge is 0.480 e. The molecule has 2 unspecified atom stereocenters. The van der Waals surface area contributed by atoms with Crippen molar-refractivity contribution in [3.05, 3.63) is 18.2 Å². The fourth-order valence-corrected chi connectivity index (χ4v) is 1.48. The van der Waals surface area contributed by atoms with E-state index in [9.17, 15) is 9.59 Å². The Kier molecular flexibility index (Phi) is 14.3. The number of hydrogen-bond donors (Lipinski definition) is 6. The number of halogens is 1. The molecule has 0 bridgehead atoms. The molecule has 0 saturated carbocycles. The van der Waals surface area contributed by atoms with Gasteiger partial charge in [0, 0.05) is 19.2 Å². The zero-order valence-electron chi connectivity index (χ0n) is 12.9. The van der Waals surface area contributed by atoms with E-state index in [0.29, 0.717) is 12.2 Å². The number of nitrogens with zero attached hydrogens (tertiary/aromatic N) is 1. The average molecular weight is 353 g/mol. The number of nitrogens with one attached hydrogen (secondary N) is 2. The van der Waals surface area contributed by atoms with Crippen molar-refractivity contribution in [1.29, 1.82) is 0 Å². The van der Waals surface area contributed by atoms with Crippen LogP contribution in [0.4, 0.5) is 0 Å². The summed E-state index contributed by atoms with van der Waals surface area (Å²) in [4.78, 5) is 27.2. The van der Waals surface area contributed by atoms with Crippen molar-refractivity contribution in [1.82, 2.24) is 15.3 Å². The lowest BCUT2D eigenvalue weighted by molar-refractivity contribution is -0.140. The van der Waals surface area contributed by atoms with Crippen LogP contribution in [0.15, 0.2) is 12.5 Å². The van der Waals surface area contributed by atoms with Crippen molar-refractivity contribution >= 4 is 24.3 Å². The molecule has 0 aromatic carbocycles. The third-order valence-electron chi connectivity index (χ3n) is 2.66. The van der Waals surface area contributed by atoms with E-state index < -0.39 is 24.0 Å². The number of H-pyrrole nitrogens is 1. The summed E-state index contributed by atoms with van der Waals surface area (Å²) < 4.78 is 0. The van der Waals surface area contributed by atoms with Crippen molar-refractivity contribution in [2.24, 2.45) is 5.73 Å². The maximum atomic E-state index is 10.4. The van der Waals surface area contributed by atoms with Gasteiger partial charge in [0.05, 0.1) is 12.0 Å². The van der Waals surface area contributed by atoms with Gasteiger partial charge in [-0.2, -0.15) is 0 Å². The fraction of sp³-hybridized carbons (Fsp3) is 0.615. The average Bonchev–Trinajstić information content (AvgIpc) is 2.96. The number of hydrogen-bond acceptors (Lipinski definition) is 6. The molecule has 0 radical (unpaired) electrons. The van der Waals surface area contributed by atoms with Gasteiger partial charge in [-0.25, -0.2) is 4.98 Å². The number of nitrogens with two attached hydrogens (primary N) is 1. The second kappa shape index (κ2) is 13.9. The van der Waals surface area contributed by atoms with E-state index in [-0.39, 0.29) is 31.9 Å². The quantitative estimate of drug-likeness (QED) is 0.350. The Labute approximate surface area is 140 Å². The van der Waals surface area contributed by atoms with Crippen LogP contribution in [0.3, 0.4) is 0 Å². The molecule has 2 atom stereocenters. The summed E-state index contributed by atoms with van der Waals surface area (Å²) in [5, 5.41) is 28.3. The Morgan fingerprint density at radius 1 is 1.39 bits per heavy atom. The number of carbonyl (C=O) groups is 2. The highest BCUT2D eigenvalue weighted by atomic mass is 35.5. The van der Waals surface area contributed by atoms with E-state index in [1.807, 2.05) is 6.92 Å². The molecule has 23 heavy (non-hydrogen) atoms. The third kappa shape index (κ3) is 11.5. The Hall–Kier alpha value is -1.68. The number of aliphatic hydroxyl groups is 1. The molecular weight excluding hydrogens is 328 g/mol. The van der Waals surface area contributed by atoms with Crippen LogP contribution in [-0.4, -0.2) is 62.5 Å². The molecule has 1 aromatic rings. The minimum Gasteiger partial charge on any atom is -0.480 e. The van der Waals surface area contributed by atoms with Crippen molar-refractivity contribution in [3.8, 4) is 0 Å². The van der Waals surface area contributed by atoms with Gasteiger partial charge in [0.15, 0.2) is 0 Å². The highest BCUT2D eigenvalue weighted by molar-refractivity contribution is 5.85. The number of carboxylic acids is 2. The number of aromatic amines is 1. The van der Waals surface area contributed by atoms with E-state index in [2.05, 4.69) is 15.3 Å². The smallest absolute Gasteiger partial charge is 0.320 e. The van der Waals surface area contributed by atoms with Gasteiger partial charge in [0.2, 0.25) is 0 Å². The van der Waals surface area contributed by atoms with Gasteiger partial charge in [-0.1, -0.05) is 6.92 Å². The van der Waals surface area contributed by atoms with E-state index in [1.165, 1.54) is 6.33 Å². The molecule has 9 nitrogen and oxygen atoms in total. The number of imidazole rings is 1. The first-order chi connectivity index (χ1) is 10.4. The Balaban J connectivity index is 0. The minimum absolute atomic E-state index is 0. The number of carboxylic acid groups (broad SMARTS) is 2. The van der Waals surface area contributed by atoms with Crippen LogP contribution in [0.25, 0.3) is 0 Å².